The SMILES string of the molecule is CN1CCN(S(=O)(=O)N(Cc2ccc(-c3nnc(C(F)F)o3)cc2F)c2cccc(F)c2)CC1. The molecule has 34 heavy (non-hydrogen) atoms. The lowest BCUT2D eigenvalue weighted by molar-refractivity contribution is 0.116. The van der Waals surface area contributed by atoms with Crippen LogP contribution < -0.4 is 4.31 Å². The van der Waals surface area contributed by atoms with Gasteiger partial charge in [-0.15, -0.1) is 10.2 Å². The standard InChI is InChI=1S/C21H21F4N5O3S/c1-28-7-9-29(10-8-28)34(31,32)30(17-4-2-3-16(22)12-17)13-15-6-5-14(11-18(15)23)20-26-27-21(33-20)19(24)25/h2-6,11-12,19H,7-10,13H2,1H3. The molecule has 1 fully saturated rings. The van der Waals surface area contributed by atoms with E-state index in [0.717, 1.165) is 16.4 Å². The lowest BCUT2D eigenvalue weighted by atomic mass is 10.1. The van der Waals surface area contributed by atoms with Crippen LogP contribution >= 0.6 is 0 Å². The molecule has 2 aromatic carbocycles. The number of nitrogens with zero attached hydrogens (tertiary/aromatic N) is 5. The highest BCUT2D eigenvalue weighted by Gasteiger charge is 2.33. The Morgan fingerprint density at radius 3 is 2.41 bits per heavy atom. The predicted molar refractivity (Wildman–Crippen MR) is 115 cm³/mol. The summed E-state index contributed by atoms with van der Waals surface area (Å²) in [6, 6.07) is 8.67. The molecule has 0 saturated carbocycles. The van der Waals surface area contributed by atoms with Crippen LogP contribution in [0.4, 0.5) is 23.2 Å². The van der Waals surface area contributed by atoms with Crippen molar-refractivity contribution < 1.29 is 30.4 Å². The number of rotatable bonds is 7. The van der Waals surface area contributed by atoms with Crippen molar-refractivity contribution in [3.63, 3.8) is 0 Å². The quantitative estimate of drug-likeness (QED) is 0.463. The van der Waals surface area contributed by atoms with Crippen molar-refractivity contribution in [2.75, 3.05) is 37.5 Å². The van der Waals surface area contributed by atoms with Gasteiger partial charge in [0.15, 0.2) is 0 Å². The monoisotopic (exact) mass is 499 g/mol. The number of likely N-dealkylation sites (N-methyl/N-ethyl adjacent to an activating group) is 1. The second-order valence-corrected chi connectivity index (χ2v) is 9.60. The summed E-state index contributed by atoms with van der Waals surface area (Å²) in [7, 11) is -2.24. The molecule has 0 atom stereocenters. The molecule has 4 rings (SSSR count). The molecule has 0 aliphatic carbocycles. The molecule has 0 amide bonds. The van der Waals surface area contributed by atoms with Crippen LogP contribution in [0.3, 0.4) is 0 Å². The zero-order valence-corrected chi connectivity index (χ0v) is 18.9. The number of alkyl halides is 2. The van der Waals surface area contributed by atoms with Crippen molar-refractivity contribution in [3.05, 3.63) is 65.6 Å². The first kappa shape index (κ1) is 24.1. The van der Waals surface area contributed by atoms with Gasteiger partial charge in [0.05, 0.1) is 12.2 Å². The summed E-state index contributed by atoms with van der Waals surface area (Å²) in [6.45, 7) is 1.08. The first-order chi connectivity index (χ1) is 16.1. The Balaban J connectivity index is 1.66. The van der Waals surface area contributed by atoms with E-state index in [1.807, 2.05) is 11.9 Å². The second-order valence-electron chi connectivity index (χ2n) is 7.75. The second kappa shape index (κ2) is 9.68. The lowest BCUT2D eigenvalue weighted by Gasteiger charge is -2.36. The maximum absolute atomic E-state index is 15.0. The van der Waals surface area contributed by atoms with Gasteiger partial charge in [0.25, 0.3) is 5.89 Å². The molecule has 2 heterocycles. The van der Waals surface area contributed by atoms with Crippen LogP contribution in [-0.2, 0) is 16.8 Å². The highest BCUT2D eigenvalue weighted by atomic mass is 32.2. The van der Waals surface area contributed by atoms with Gasteiger partial charge in [0.2, 0.25) is 5.89 Å². The van der Waals surface area contributed by atoms with Gasteiger partial charge in [-0.1, -0.05) is 12.1 Å². The molecule has 1 aromatic heterocycles. The van der Waals surface area contributed by atoms with Crippen LogP contribution in [0.5, 0.6) is 0 Å². The van der Waals surface area contributed by atoms with Gasteiger partial charge in [0, 0.05) is 37.3 Å². The molecular formula is C21H21F4N5O3S. The number of piperazine rings is 1. The Hall–Kier alpha value is -3.03. The normalized spacial score (nSPS) is 15.7. The molecule has 0 radical (unpaired) electrons. The molecule has 0 spiro atoms. The number of hydrogen-bond donors (Lipinski definition) is 0. The average molecular weight is 499 g/mol. The summed E-state index contributed by atoms with van der Waals surface area (Å²) in [5.74, 6) is -2.65. The topological polar surface area (TPSA) is 82.8 Å². The van der Waals surface area contributed by atoms with E-state index in [1.165, 1.54) is 34.6 Å². The van der Waals surface area contributed by atoms with Gasteiger partial charge in [-0.05, 0) is 37.4 Å². The summed E-state index contributed by atoms with van der Waals surface area (Å²) in [5, 5.41) is 6.69. The molecular weight excluding hydrogens is 478 g/mol. The number of benzene rings is 2. The van der Waals surface area contributed by atoms with Crippen molar-refractivity contribution in [1.29, 1.82) is 0 Å². The van der Waals surface area contributed by atoms with Crippen LogP contribution in [-0.4, -0.2) is 61.0 Å². The van der Waals surface area contributed by atoms with E-state index in [4.69, 9.17) is 4.42 Å². The fraction of sp³-hybridized carbons (Fsp3) is 0.333. The first-order valence-corrected chi connectivity index (χ1v) is 11.7. The Kier molecular flexibility index (Phi) is 6.86. The fourth-order valence-corrected chi connectivity index (χ4v) is 5.08. The van der Waals surface area contributed by atoms with Crippen molar-refractivity contribution >= 4 is 15.9 Å². The Labute approximate surface area is 193 Å². The van der Waals surface area contributed by atoms with Crippen molar-refractivity contribution in [2.45, 2.75) is 13.0 Å². The van der Waals surface area contributed by atoms with Gasteiger partial charge in [0.1, 0.15) is 11.6 Å². The van der Waals surface area contributed by atoms with E-state index < -0.39 is 40.7 Å². The van der Waals surface area contributed by atoms with Crippen LogP contribution in [0, 0.1) is 11.6 Å². The maximum Gasteiger partial charge on any atom is 0.314 e. The summed E-state index contributed by atoms with van der Waals surface area (Å²) < 4.78 is 88.3. The molecule has 0 unspecified atom stereocenters. The van der Waals surface area contributed by atoms with Crippen molar-refractivity contribution in [1.82, 2.24) is 19.4 Å². The zero-order chi connectivity index (χ0) is 24.5. The smallest absolute Gasteiger partial charge is 0.314 e. The van der Waals surface area contributed by atoms with Crippen LogP contribution in [0.1, 0.15) is 17.9 Å². The minimum Gasteiger partial charge on any atom is -0.415 e. The largest absolute Gasteiger partial charge is 0.415 e. The molecule has 182 valence electrons. The Morgan fingerprint density at radius 1 is 1.06 bits per heavy atom. The summed E-state index contributed by atoms with van der Waals surface area (Å²) in [5.41, 5.74) is 0.0834. The minimum absolute atomic E-state index is 0.0145. The first-order valence-electron chi connectivity index (χ1n) is 10.3. The lowest BCUT2D eigenvalue weighted by Crippen LogP contribution is -2.52. The van der Waals surface area contributed by atoms with Gasteiger partial charge >= 0.3 is 16.6 Å². The van der Waals surface area contributed by atoms with Crippen molar-refractivity contribution in [2.24, 2.45) is 0 Å². The molecule has 0 bridgehead atoms. The van der Waals surface area contributed by atoms with Crippen LogP contribution in [0.25, 0.3) is 11.5 Å². The highest BCUT2D eigenvalue weighted by molar-refractivity contribution is 7.90. The molecule has 3 aromatic rings. The van der Waals surface area contributed by atoms with Gasteiger partial charge < -0.3 is 9.32 Å². The van der Waals surface area contributed by atoms with E-state index in [9.17, 15) is 26.0 Å². The van der Waals surface area contributed by atoms with Crippen LogP contribution in [0.2, 0.25) is 0 Å². The summed E-state index contributed by atoms with van der Waals surface area (Å²) >= 11 is 0. The Bertz CT molecular complexity index is 1260. The van der Waals surface area contributed by atoms with Gasteiger partial charge in [-0.25, -0.2) is 8.78 Å². The van der Waals surface area contributed by atoms with E-state index in [1.54, 1.807) is 0 Å². The summed E-state index contributed by atoms with van der Waals surface area (Å²) in [4.78, 5) is 1.98. The van der Waals surface area contributed by atoms with E-state index in [2.05, 4.69) is 10.2 Å². The maximum atomic E-state index is 15.0. The highest BCUT2D eigenvalue weighted by Crippen LogP contribution is 2.28. The number of hydrogen-bond acceptors (Lipinski definition) is 6. The molecule has 1 saturated heterocycles. The number of aromatic nitrogens is 2. The van der Waals surface area contributed by atoms with Crippen LogP contribution in [0.15, 0.2) is 46.9 Å². The van der Waals surface area contributed by atoms with Crippen molar-refractivity contribution in [3.8, 4) is 11.5 Å². The van der Waals surface area contributed by atoms with E-state index in [0.29, 0.717) is 13.1 Å². The molecule has 13 heteroatoms. The van der Waals surface area contributed by atoms with E-state index in [-0.39, 0.29) is 35.8 Å². The fourth-order valence-electron chi connectivity index (χ4n) is 3.50. The van der Waals surface area contributed by atoms with Gasteiger partial charge in [-0.3, -0.25) is 4.31 Å². The van der Waals surface area contributed by atoms with E-state index >= 15 is 0 Å². The third kappa shape index (κ3) is 5.05. The molecule has 8 nitrogen and oxygen atoms in total. The predicted octanol–water partition coefficient (Wildman–Crippen LogP) is 3.45. The zero-order valence-electron chi connectivity index (χ0n) is 18.0. The third-order valence-electron chi connectivity index (χ3n) is 5.40. The molecule has 1 aliphatic rings. The minimum atomic E-state index is -4.12. The Morgan fingerprint density at radius 2 is 1.79 bits per heavy atom. The molecule has 1 aliphatic heterocycles. The third-order valence-corrected chi connectivity index (χ3v) is 7.32. The van der Waals surface area contributed by atoms with Gasteiger partial charge in [-0.2, -0.15) is 21.5 Å². The summed E-state index contributed by atoms with van der Waals surface area (Å²) in [6.07, 6.45) is -2.97. The number of anilines is 1. The molecule has 0 N–H and O–H groups in total. The average Bonchev–Trinajstić information content (AvgIpc) is 3.29. The number of halogens is 4.